The monoisotopic (exact) mass is 321 g/mol. The number of hydrogen-bond donors (Lipinski definition) is 0. The Hall–Kier alpha value is -2.15. The highest BCUT2D eigenvalue weighted by Crippen LogP contribution is 2.19. The lowest BCUT2D eigenvalue weighted by atomic mass is 10.1. The van der Waals surface area contributed by atoms with Gasteiger partial charge in [0.15, 0.2) is 9.84 Å². The van der Waals surface area contributed by atoms with Crippen LogP contribution in [0.4, 0.5) is 0 Å². The molecule has 2 aromatic rings. The summed E-state index contributed by atoms with van der Waals surface area (Å²) in [5, 5.41) is 0.651. The Morgan fingerprint density at radius 1 is 1.32 bits per heavy atom. The highest BCUT2D eigenvalue weighted by atomic mass is 32.2. The fraction of sp³-hybridized carbons (Fsp3) is 0.333. The van der Waals surface area contributed by atoms with Crippen LogP contribution in [-0.4, -0.2) is 43.8 Å². The number of fused-ring (bicyclic) bond motifs is 1. The van der Waals surface area contributed by atoms with Crippen molar-refractivity contribution in [2.24, 2.45) is 0 Å². The fourth-order valence-corrected chi connectivity index (χ4v) is 4.42. The van der Waals surface area contributed by atoms with Gasteiger partial charge in [-0.2, -0.15) is 0 Å². The summed E-state index contributed by atoms with van der Waals surface area (Å²) in [5.74, 6) is -0.503. The lowest BCUT2D eigenvalue weighted by molar-refractivity contribution is 0.0743. The maximum absolute atomic E-state index is 12.5. The van der Waals surface area contributed by atoms with Gasteiger partial charge in [-0.3, -0.25) is 4.79 Å². The molecule has 1 atom stereocenters. The molecule has 0 aliphatic carbocycles. The van der Waals surface area contributed by atoms with Gasteiger partial charge in [-0.25, -0.2) is 13.2 Å². The quantitative estimate of drug-likeness (QED) is 0.772. The molecule has 0 spiro atoms. The largest absolute Gasteiger partial charge is 0.422 e. The van der Waals surface area contributed by atoms with Crippen molar-refractivity contribution >= 4 is 26.7 Å². The van der Waals surface area contributed by atoms with Crippen molar-refractivity contribution in [1.82, 2.24) is 4.90 Å². The van der Waals surface area contributed by atoms with Crippen LogP contribution < -0.4 is 5.63 Å². The minimum Gasteiger partial charge on any atom is -0.422 e. The number of carbonyl (C=O) groups excluding carboxylic acids is 1. The van der Waals surface area contributed by atoms with Gasteiger partial charge in [-0.1, -0.05) is 18.2 Å². The molecule has 22 heavy (non-hydrogen) atoms. The van der Waals surface area contributed by atoms with Crippen LogP contribution in [0, 0.1) is 0 Å². The number of sulfone groups is 1. The maximum atomic E-state index is 12.5. The number of hydrogen-bond acceptors (Lipinski definition) is 5. The Balaban J connectivity index is 1.95. The van der Waals surface area contributed by atoms with Crippen LogP contribution in [0.1, 0.15) is 16.8 Å². The summed E-state index contributed by atoms with van der Waals surface area (Å²) in [6.07, 6.45) is 0.392. The third-order valence-electron chi connectivity index (χ3n) is 3.95. The molecular formula is C15H15NO5S. The predicted molar refractivity (Wildman–Crippen MR) is 81.6 cm³/mol. The van der Waals surface area contributed by atoms with Gasteiger partial charge < -0.3 is 9.32 Å². The molecule has 0 N–H and O–H groups in total. The molecule has 1 saturated heterocycles. The van der Waals surface area contributed by atoms with Crippen molar-refractivity contribution in [3.63, 3.8) is 0 Å². The SMILES string of the molecule is CN(C(=O)c1cc2ccccc2oc1=O)[C@@H]1CCS(=O)(=O)C1. The summed E-state index contributed by atoms with van der Waals surface area (Å²) in [5.41, 5.74) is -0.378. The fourth-order valence-electron chi connectivity index (χ4n) is 2.65. The zero-order chi connectivity index (χ0) is 15.9. The standard InChI is InChI=1S/C15H15NO5S/c1-16(11-6-7-22(19,20)9-11)14(17)12-8-10-4-2-3-5-13(10)21-15(12)18/h2-5,8,11H,6-7,9H2,1H3/t11-/m1/s1. The van der Waals surface area contributed by atoms with Gasteiger partial charge in [0, 0.05) is 18.5 Å². The van der Waals surface area contributed by atoms with Crippen LogP contribution in [-0.2, 0) is 9.84 Å². The Bertz CT molecular complexity index is 900. The second-order valence-electron chi connectivity index (χ2n) is 5.46. The Labute approximate surface area is 127 Å². The Morgan fingerprint density at radius 3 is 2.73 bits per heavy atom. The van der Waals surface area contributed by atoms with E-state index >= 15 is 0 Å². The minimum atomic E-state index is -3.10. The molecule has 116 valence electrons. The summed E-state index contributed by atoms with van der Waals surface area (Å²) >= 11 is 0. The van der Waals surface area contributed by atoms with E-state index in [1.165, 1.54) is 18.0 Å². The second-order valence-corrected chi connectivity index (χ2v) is 7.69. The van der Waals surface area contributed by atoms with Crippen molar-refractivity contribution in [1.29, 1.82) is 0 Å². The highest BCUT2D eigenvalue weighted by Gasteiger charge is 2.33. The first-order valence-electron chi connectivity index (χ1n) is 6.88. The highest BCUT2D eigenvalue weighted by molar-refractivity contribution is 7.91. The lowest BCUT2D eigenvalue weighted by Gasteiger charge is -2.22. The van der Waals surface area contributed by atoms with Gasteiger partial charge in [-0.15, -0.1) is 0 Å². The molecule has 0 saturated carbocycles. The number of benzene rings is 1. The molecule has 1 amide bonds. The molecular weight excluding hydrogens is 306 g/mol. The molecule has 1 fully saturated rings. The molecule has 1 aromatic heterocycles. The first kappa shape index (κ1) is 14.8. The lowest BCUT2D eigenvalue weighted by Crippen LogP contribution is -2.39. The van der Waals surface area contributed by atoms with Crippen LogP contribution in [0.15, 0.2) is 39.5 Å². The third kappa shape index (κ3) is 2.64. The summed E-state index contributed by atoms with van der Waals surface area (Å²) < 4.78 is 28.2. The maximum Gasteiger partial charge on any atom is 0.349 e. The number of para-hydroxylation sites is 1. The van der Waals surface area contributed by atoms with E-state index in [2.05, 4.69) is 0 Å². The number of carbonyl (C=O) groups is 1. The van der Waals surface area contributed by atoms with Crippen LogP contribution >= 0.6 is 0 Å². The van der Waals surface area contributed by atoms with E-state index < -0.39 is 27.4 Å². The van der Waals surface area contributed by atoms with Crippen LogP contribution in [0.25, 0.3) is 11.0 Å². The zero-order valence-corrected chi connectivity index (χ0v) is 12.8. The van der Waals surface area contributed by atoms with Gasteiger partial charge in [0.2, 0.25) is 0 Å². The predicted octanol–water partition coefficient (Wildman–Crippen LogP) is 1.05. The Kier molecular flexibility index (Phi) is 3.52. The molecule has 0 unspecified atom stereocenters. The van der Waals surface area contributed by atoms with Gasteiger partial charge >= 0.3 is 5.63 Å². The van der Waals surface area contributed by atoms with E-state index in [-0.39, 0.29) is 17.1 Å². The summed E-state index contributed by atoms with van der Waals surface area (Å²) in [6.45, 7) is 0. The molecule has 2 heterocycles. The van der Waals surface area contributed by atoms with Crippen molar-refractivity contribution in [3.8, 4) is 0 Å². The minimum absolute atomic E-state index is 0.0614. The molecule has 7 heteroatoms. The third-order valence-corrected chi connectivity index (χ3v) is 5.70. The molecule has 6 nitrogen and oxygen atoms in total. The van der Waals surface area contributed by atoms with E-state index in [0.717, 1.165) is 0 Å². The molecule has 3 rings (SSSR count). The smallest absolute Gasteiger partial charge is 0.349 e. The van der Waals surface area contributed by atoms with Gasteiger partial charge in [0.05, 0.1) is 11.5 Å². The van der Waals surface area contributed by atoms with Gasteiger partial charge in [-0.05, 0) is 18.6 Å². The molecule has 0 radical (unpaired) electrons. The van der Waals surface area contributed by atoms with Crippen molar-refractivity contribution in [2.75, 3.05) is 18.6 Å². The average molecular weight is 321 g/mol. The van der Waals surface area contributed by atoms with Crippen LogP contribution in [0.5, 0.6) is 0 Å². The first-order chi connectivity index (χ1) is 10.4. The van der Waals surface area contributed by atoms with Crippen LogP contribution in [0.2, 0.25) is 0 Å². The summed E-state index contributed by atoms with van der Waals surface area (Å²) in [4.78, 5) is 25.8. The second kappa shape index (κ2) is 5.24. The normalized spacial score (nSPS) is 20.1. The van der Waals surface area contributed by atoms with Crippen molar-refractivity contribution < 1.29 is 17.6 Å². The van der Waals surface area contributed by atoms with E-state index in [1.54, 1.807) is 24.3 Å². The van der Waals surface area contributed by atoms with E-state index in [1.807, 2.05) is 0 Å². The van der Waals surface area contributed by atoms with Gasteiger partial charge in [0.1, 0.15) is 11.1 Å². The summed E-state index contributed by atoms with van der Waals surface area (Å²) in [6, 6.07) is 8.01. The van der Waals surface area contributed by atoms with E-state index in [9.17, 15) is 18.0 Å². The molecule has 1 aromatic carbocycles. The summed E-state index contributed by atoms with van der Waals surface area (Å²) in [7, 11) is -1.58. The Morgan fingerprint density at radius 2 is 2.05 bits per heavy atom. The van der Waals surface area contributed by atoms with Gasteiger partial charge in [0.25, 0.3) is 5.91 Å². The van der Waals surface area contributed by atoms with Crippen molar-refractivity contribution in [2.45, 2.75) is 12.5 Å². The topological polar surface area (TPSA) is 84.7 Å². The van der Waals surface area contributed by atoms with Crippen LogP contribution in [0.3, 0.4) is 0 Å². The zero-order valence-electron chi connectivity index (χ0n) is 12.0. The number of rotatable bonds is 2. The van der Waals surface area contributed by atoms with Crippen molar-refractivity contribution in [3.05, 3.63) is 46.3 Å². The number of amides is 1. The molecule has 1 aliphatic heterocycles. The first-order valence-corrected chi connectivity index (χ1v) is 8.70. The average Bonchev–Trinajstić information content (AvgIpc) is 2.85. The van der Waals surface area contributed by atoms with E-state index in [0.29, 0.717) is 17.4 Å². The number of nitrogens with zero attached hydrogens (tertiary/aromatic N) is 1. The molecule has 1 aliphatic rings. The molecule has 0 bridgehead atoms. The van der Waals surface area contributed by atoms with E-state index in [4.69, 9.17) is 4.42 Å².